The Labute approximate surface area is 202 Å². The van der Waals surface area contributed by atoms with Gasteiger partial charge < -0.3 is 14.4 Å². The number of fused-ring (bicyclic) bond motifs is 2. The quantitative estimate of drug-likeness (QED) is 0.249. The van der Waals surface area contributed by atoms with E-state index in [1.54, 1.807) is 0 Å². The fourth-order valence-corrected chi connectivity index (χ4v) is 4.46. The SMILES string of the molecule is C=CCn1cc(C(O)(c2ccc3c(cnn3-c3ccc(F)cc3)c2)C(F)(F)F)c2ccnc(OC)c21. The molecule has 0 saturated heterocycles. The van der Waals surface area contributed by atoms with E-state index in [4.69, 9.17) is 4.74 Å². The van der Waals surface area contributed by atoms with Crippen LogP contribution in [-0.2, 0) is 12.1 Å². The van der Waals surface area contributed by atoms with E-state index in [0.29, 0.717) is 22.1 Å². The minimum Gasteiger partial charge on any atom is -0.479 e. The fourth-order valence-electron chi connectivity index (χ4n) is 4.46. The Kier molecular flexibility index (Phi) is 5.55. The molecule has 6 nitrogen and oxygen atoms in total. The van der Waals surface area contributed by atoms with Gasteiger partial charge in [-0.1, -0.05) is 12.1 Å². The van der Waals surface area contributed by atoms with Crippen LogP contribution < -0.4 is 4.74 Å². The number of halogens is 4. The maximum absolute atomic E-state index is 14.7. The third-order valence-corrected chi connectivity index (χ3v) is 6.13. The lowest BCUT2D eigenvalue weighted by atomic mass is 9.85. The predicted octanol–water partition coefficient (Wildman–Crippen LogP) is 5.51. The molecule has 0 aliphatic heterocycles. The first-order valence-corrected chi connectivity index (χ1v) is 10.9. The molecule has 184 valence electrons. The van der Waals surface area contributed by atoms with E-state index in [0.717, 1.165) is 0 Å². The molecule has 1 unspecified atom stereocenters. The van der Waals surface area contributed by atoms with Crippen LogP contribution in [0.15, 0.2) is 79.8 Å². The van der Waals surface area contributed by atoms with Gasteiger partial charge in [0.15, 0.2) is 0 Å². The summed E-state index contributed by atoms with van der Waals surface area (Å²) in [6, 6.07) is 10.9. The van der Waals surface area contributed by atoms with Crippen molar-refractivity contribution in [2.24, 2.45) is 0 Å². The number of rotatable bonds is 6. The molecule has 0 aliphatic carbocycles. The van der Waals surface area contributed by atoms with Gasteiger partial charge in [-0.05, 0) is 48.0 Å². The molecule has 0 spiro atoms. The van der Waals surface area contributed by atoms with Crippen molar-refractivity contribution in [2.75, 3.05) is 7.11 Å². The Morgan fingerprint density at radius 3 is 2.53 bits per heavy atom. The van der Waals surface area contributed by atoms with Gasteiger partial charge in [-0.3, -0.25) is 0 Å². The summed E-state index contributed by atoms with van der Waals surface area (Å²) in [5, 5.41) is 16.2. The van der Waals surface area contributed by atoms with Gasteiger partial charge in [0.1, 0.15) is 11.3 Å². The topological polar surface area (TPSA) is 65.1 Å². The molecule has 1 N–H and O–H groups in total. The molecule has 36 heavy (non-hydrogen) atoms. The summed E-state index contributed by atoms with van der Waals surface area (Å²) in [7, 11) is 1.37. The summed E-state index contributed by atoms with van der Waals surface area (Å²) < 4.78 is 65.7. The maximum Gasteiger partial charge on any atom is 0.425 e. The maximum atomic E-state index is 14.7. The zero-order valence-electron chi connectivity index (χ0n) is 19.0. The lowest BCUT2D eigenvalue weighted by molar-refractivity contribution is -0.247. The number of pyridine rings is 1. The highest BCUT2D eigenvalue weighted by atomic mass is 19.4. The van der Waals surface area contributed by atoms with E-state index in [1.807, 2.05) is 0 Å². The molecular formula is C26H20F4N4O2. The highest BCUT2D eigenvalue weighted by Gasteiger charge is 2.57. The van der Waals surface area contributed by atoms with Crippen molar-refractivity contribution < 1.29 is 27.4 Å². The second-order valence-corrected chi connectivity index (χ2v) is 8.21. The third kappa shape index (κ3) is 3.53. The molecule has 5 aromatic rings. The average molecular weight is 496 g/mol. The van der Waals surface area contributed by atoms with Gasteiger partial charge in [-0.15, -0.1) is 6.58 Å². The Balaban J connectivity index is 1.73. The summed E-state index contributed by atoms with van der Waals surface area (Å²) in [6.07, 6.45) is 0.425. The number of aliphatic hydroxyl groups is 1. The second kappa shape index (κ2) is 8.49. The zero-order valence-corrected chi connectivity index (χ0v) is 19.0. The summed E-state index contributed by atoms with van der Waals surface area (Å²) in [5.74, 6) is -0.295. The Morgan fingerprint density at radius 1 is 1.11 bits per heavy atom. The first-order chi connectivity index (χ1) is 17.2. The van der Waals surface area contributed by atoms with Crippen molar-refractivity contribution in [3.63, 3.8) is 0 Å². The molecule has 3 heterocycles. The number of ether oxygens (including phenoxy) is 1. The van der Waals surface area contributed by atoms with Gasteiger partial charge in [0.25, 0.3) is 0 Å². The molecular weight excluding hydrogens is 476 g/mol. The van der Waals surface area contributed by atoms with Crippen molar-refractivity contribution in [3.8, 4) is 11.6 Å². The van der Waals surface area contributed by atoms with E-state index < -0.39 is 17.6 Å². The van der Waals surface area contributed by atoms with E-state index in [2.05, 4.69) is 16.7 Å². The Hall–Kier alpha value is -4.18. The van der Waals surface area contributed by atoms with Crippen LogP contribution in [0.5, 0.6) is 5.88 Å². The van der Waals surface area contributed by atoms with Crippen molar-refractivity contribution in [1.82, 2.24) is 19.3 Å². The lowest BCUT2D eigenvalue weighted by Crippen LogP contribution is -2.43. The summed E-state index contributed by atoms with van der Waals surface area (Å²) in [4.78, 5) is 4.10. The Bertz CT molecular complexity index is 1590. The number of benzene rings is 2. The fraction of sp³-hybridized carbons (Fsp3) is 0.154. The minimum absolute atomic E-state index is 0.126. The molecule has 10 heteroatoms. The number of hydrogen-bond donors (Lipinski definition) is 1. The smallest absolute Gasteiger partial charge is 0.425 e. The molecule has 0 saturated carbocycles. The molecule has 5 rings (SSSR count). The monoisotopic (exact) mass is 496 g/mol. The minimum atomic E-state index is -5.07. The number of aromatic nitrogens is 4. The summed E-state index contributed by atoms with van der Waals surface area (Å²) in [6.45, 7) is 3.84. The van der Waals surface area contributed by atoms with Crippen LogP contribution in [-0.4, -0.2) is 37.7 Å². The third-order valence-electron chi connectivity index (χ3n) is 6.13. The van der Waals surface area contributed by atoms with Crippen LogP contribution in [0.1, 0.15) is 11.1 Å². The molecule has 0 bridgehead atoms. The molecule has 0 fully saturated rings. The summed E-state index contributed by atoms with van der Waals surface area (Å²) >= 11 is 0. The van der Waals surface area contributed by atoms with Gasteiger partial charge >= 0.3 is 6.18 Å². The Morgan fingerprint density at radius 2 is 1.86 bits per heavy atom. The number of nitrogens with zero attached hydrogens (tertiary/aromatic N) is 4. The number of hydrogen-bond acceptors (Lipinski definition) is 4. The second-order valence-electron chi connectivity index (χ2n) is 8.21. The van der Waals surface area contributed by atoms with E-state index in [9.17, 15) is 22.7 Å². The van der Waals surface area contributed by atoms with Gasteiger partial charge in [0, 0.05) is 35.3 Å². The first-order valence-electron chi connectivity index (χ1n) is 10.9. The zero-order chi connectivity index (χ0) is 25.7. The van der Waals surface area contributed by atoms with Crippen LogP contribution in [0.25, 0.3) is 27.5 Å². The molecule has 0 aliphatic rings. The van der Waals surface area contributed by atoms with Gasteiger partial charge in [0.2, 0.25) is 11.5 Å². The number of alkyl halides is 3. The molecule has 2 aromatic carbocycles. The summed E-state index contributed by atoms with van der Waals surface area (Å²) in [5.41, 5.74) is -2.75. The van der Waals surface area contributed by atoms with Crippen LogP contribution >= 0.6 is 0 Å². The molecule has 0 amide bonds. The number of methoxy groups -OCH3 is 1. The standard InChI is InChI=1S/C26H20F4N4O2/c1-3-12-33-15-21(20-10-11-31-24(36-2)23(20)33)25(35,26(28,29)30)17-4-9-22-16(13-17)14-32-34(22)19-7-5-18(27)6-8-19/h3-11,13-15,35H,1,12H2,2H3. The van der Waals surface area contributed by atoms with Crippen LogP contribution in [0.4, 0.5) is 17.6 Å². The van der Waals surface area contributed by atoms with E-state index >= 15 is 0 Å². The molecule has 3 aromatic heterocycles. The first kappa shape index (κ1) is 23.6. The molecule has 0 radical (unpaired) electrons. The highest BCUT2D eigenvalue weighted by Crippen LogP contribution is 2.48. The van der Waals surface area contributed by atoms with Gasteiger partial charge in [-0.25, -0.2) is 14.1 Å². The van der Waals surface area contributed by atoms with Gasteiger partial charge in [-0.2, -0.15) is 18.3 Å². The predicted molar refractivity (Wildman–Crippen MR) is 127 cm³/mol. The van der Waals surface area contributed by atoms with Crippen molar-refractivity contribution in [3.05, 3.63) is 96.7 Å². The van der Waals surface area contributed by atoms with E-state index in [1.165, 1.54) is 89.6 Å². The van der Waals surface area contributed by atoms with Crippen LogP contribution in [0.3, 0.4) is 0 Å². The lowest BCUT2D eigenvalue weighted by Gasteiger charge is -2.31. The largest absolute Gasteiger partial charge is 0.479 e. The van der Waals surface area contributed by atoms with Gasteiger partial charge in [0.05, 0.1) is 24.5 Å². The highest BCUT2D eigenvalue weighted by molar-refractivity contribution is 5.90. The average Bonchev–Trinajstić information content (AvgIpc) is 3.45. The van der Waals surface area contributed by atoms with E-state index in [-0.39, 0.29) is 28.9 Å². The van der Waals surface area contributed by atoms with Crippen LogP contribution in [0.2, 0.25) is 0 Å². The normalized spacial score (nSPS) is 13.7. The van der Waals surface area contributed by atoms with Crippen molar-refractivity contribution in [1.29, 1.82) is 0 Å². The van der Waals surface area contributed by atoms with Crippen molar-refractivity contribution in [2.45, 2.75) is 18.3 Å². The molecule has 1 atom stereocenters. The number of allylic oxidation sites excluding steroid dienone is 1. The van der Waals surface area contributed by atoms with Crippen LogP contribution in [0, 0.1) is 5.82 Å². The van der Waals surface area contributed by atoms with Crippen molar-refractivity contribution >= 4 is 21.8 Å².